The highest BCUT2D eigenvalue weighted by molar-refractivity contribution is 5.85. The van der Waals surface area contributed by atoms with Crippen LogP contribution in [0.3, 0.4) is 0 Å². The third-order valence-electron chi connectivity index (χ3n) is 5.08. The maximum Gasteiger partial charge on any atom is 0.307 e. The van der Waals surface area contributed by atoms with Crippen LogP contribution in [0.5, 0.6) is 0 Å². The molecule has 1 aliphatic carbocycles. The number of hydrogen-bond acceptors (Lipinski definition) is 5. The van der Waals surface area contributed by atoms with Gasteiger partial charge in [0.15, 0.2) is 0 Å². The molecule has 26 heavy (non-hydrogen) atoms. The molecule has 8 nitrogen and oxygen atoms in total. The van der Waals surface area contributed by atoms with E-state index in [9.17, 15) is 24.8 Å². The second-order valence-corrected chi connectivity index (χ2v) is 6.58. The number of carbonyl (C=O) groups is 2. The number of anilines is 1. The Labute approximate surface area is 150 Å². The van der Waals surface area contributed by atoms with Crippen molar-refractivity contribution in [3.8, 4) is 0 Å². The number of carboxylic acid groups (broad SMARTS) is 1. The van der Waals surface area contributed by atoms with Gasteiger partial charge in [0.05, 0.1) is 16.8 Å². The van der Waals surface area contributed by atoms with Crippen LogP contribution >= 0.6 is 0 Å². The van der Waals surface area contributed by atoms with E-state index in [1.54, 1.807) is 17.0 Å². The van der Waals surface area contributed by atoms with Gasteiger partial charge < -0.3 is 14.9 Å². The molecule has 8 heteroatoms. The highest BCUT2D eigenvalue weighted by Gasteiger charge is 2.37. The zero-order valence-corrected chi connectivity index (χ0v) is 14.3. The molecule has 1 aliphatic heterocycles. The average Bonchev–Trinajstić information content (AvgIpc) is 2.67. The van der Waals surface area contributed by atoms with Crippen LogP contribution in [0.15, 0.2) is 36.4 Å². The number of nitro groups is 1. The molecule has 1 saturated heterocycles. The first kappa shape index (κ1) is 17.9. The van der Waals surface area contributed by atoms with E-state index in [4.69, 9.17) is 0 Å². The van der Waals surface area contributed by atoms with Gasteiger partial charge >= 0.3 is 5.97 Å². The van der Waals surface area contributed by atoms with Gasteiger partial charge in [0.2, 0.25) is 5.91 Å². The first-order valence-electron chi connectivity index (χ1n) is 8.63. The van der Waals surface area contributed by atoms with Gasteiger partial charge in [0.1, 0.15) is 0 Å². The predicted octanol–water partition coefficient (Wildman–Crippen LogP) is 1.91. The van der Waals surface area contributed by atoms with Crippen molar-refractivity contribution in [1.29, 1.82) is 0 Å². The van der Waals surface area contributed by atoms with Crippen molar-refractivity contribution in [2.24, 2.45) is 11.8 Å². The first-order chi connectivity index (χ1) is 12.5. The lowest BCUT2D eigenvalue weighted by molar-refractivity contribution is -0.384. The molecule has 1 amide bonds. The third-order valence-corrected chi connectivity index (χ3v) is 5.08. The minimum atomic E-state index is -0.919. The summed E-state index contributed by atoms with van der Waals surface area (Å²) in [6.45, 7) is 2.26. The number of non-ortho nitro benzene ring substituents is 1. The number of rotatable bonds is 4. The molecular weight excluding hydrogens is 338 g/mol. The van der Waals surface area contributed by atoms with Crippen LogP contribution < -0.4 is 4.90 Å². The molecule has 0 spiro atoms. The van der Waals surface area contributed by atoms with E-state index in [0.717, 1.165) is 5.69 Å². The minimum absolute atomic E-state index is 0.0487. The smallest absolute Gasteiger partial charge is 0.307 e. The molecule has 0 bridgehead atoms. The molecule has 0 saturated carbocycles. The van der Waals surface area contributed by atoms with Crippen LogP contribution in [0.2, 0.25) is 0 Å². The van der Waals surface area contributed by atoms with Gasteiger partial charge in [-0.25, -0.2) is 0 Å². The van der Waals surface area contributed by atoms with E-state index in [1.807, 2.05) is 12.2 Å². The number of nitrogens with zero attached hydrogens (tertiary/aromatic N) is 3. The summed E-state index contributed by atoms with van der Waals surface area (Å²) in [4.78, 5) is 38.3. The molecule has 0 radical (unpaired) electrons. The number of allylic oxidation sites excluding steroid dienone is 2. The van der Waals surface area contributed by atoms with Gasteiger partial charge in [-0.2, -0.15) is 0 Å². The fourth-order valence-corrected chi connectivity index (χ4v) is 3.56. The number of benzene rings is 1. The van der Waals surface area contributed by atoms with Gasteiger partial charge in [-0.3, -0.25) is 19.7 Å². The Hall–Kier alpha value is -2.90. The molecule has 2 atom stereocenters. The first-order valence-corrected chi connectivity index (χ1v) is 8.63. The van der Waals surface area contributed by atoms with Gasteiger partial charge in [-0.15, -0.1) is 0 Å². The van der Waals surface area contributed by atoms with Gasteiger partial charge in [0.25, 0.3) is 5.69 Å². The molecule has 3 rings (SSSR count). The summed E-state index contributed by atoms with van der Waals surface area (Å²) in [5.74, 6) is -2.16. The van der Waals surface area contributed by atoms with Crippen LogP contribution in [0.1, 0.15) is 12.8 Å². The van der Waals surface area contributed by atoms with E-state index in [2.05, 4.69) is 4.90 Å². The Morgan fingerprint density at radius 3 is 2.12 bits per heavy atom. The number of aliphatic carboxylic acids is 1. The summed E-state index contributed by atoms with van der Waals surface area (Å²) < 4.78 is 0. The van der Waals surface area contributed by atoms with Crippen LogP contribution in [-0.4, -0.2) is 53.0 Å². The Morgan fingerprint density at radius 1 is 1.00 bits per heavy atom. The topological polar surface area (TPSA) is 104 Å². The molecular formula is C18H21N3O5. The lowest BCUT2D eigenvalue weighted by atomic mass is 9.82. The van der Waals surface area contributed by atoms with Crippen molar-refractivity contribution >= 4 is 23.3 Å². The summed E-state index contributed by atoms with van der Waals surface area (Å²) >= 11 is 0. The fraction of sp³-hybridized carbons (Fsp3) is 0.444. The molecule has 1 N–H and O–H groups in total. The largest absolute Gasteiger partial charge is 0.481 e. The van der Waals surface area contributed by atoms with Gasteiger partial charge in [0, 0.05) is 44.0 Å². The maximum absolute atomic E-state index is 12.8. The predicted molar refractivity (Wildman–Crippen MR) is 94.9 cm³/mol. The lowest BCUT2D eigenvalue weighted by Gasteiger charge is -2.38. The second-order valence-electron chi connectivity index (χ2n) is 6.58. The van der Waals surface area contributed by atoms with Gasteiger partial charge in [-0.05, 0) is 25.0 Å². The van der Waals surface area contributed by atoms with Crippen molar-refractivity contribution in [1.82, 2.24) is 4.90 Å². The van der Waals surface area contributed by atoms with Crippen molar-refractivity contribution in [3.05, 3.63) is 46.5 Å². The summed E-state index contributed by atoms with van der Waals surface area (Å²) in [5.41, 5.74) is 0.930. The number of piperazine rings is 1. The Bertz CT molecular complexity index is 723. The van der Waals surface area contributed by atoms with Crippen LogP contribution in [-0.2, 0) is 9.59 Å². The molecule has 1 fully saturated rings. The number of hydrogen-bond donors (Lipinski definition) is 1. The summed E-state index contributed by atoms with van der Waals surface area (Å²) in [6, 6.07) is 6.36. The molecule has 1 aromatic carbocycles. The number of amides is 1. The standard InChI is InChI=1S/C18H21N3O5/c22-17(15-3-1-2-4-16(15)18(23)24)20-11-9-19(10-12-20)13-5-7-14(8-6-13)21(25)26/h1-2,5-8,15-16H,3-4,9-12H2,(H,23,24)/t15-,16+/m1/s1. The van der Waals surface area contributed by atoms with Crippen molar-refractivity contribution < 1.29 is 19.6 Å². The number of nitro benzene ring substituents is 1. The van der Waals surface area contributed by atoms with Crippen molar-refractivity contribution in [2.45, 2.75) is 12.8 Å². The van der Waals surface area contributed by atoms with Crippen molar-refractivity contribution in [3.63, 3.8) is 0 Å². The van der Waals surface area contributed by atoms with Gasteiger partial charge in [-0.1, -0.05) is 12.2 Å². The van der Waals surface area contributed by atoms with Crippen molar-refractivity contribution in [2.75, 3.05) is 31.1 Å². The normalized spacial score (nSPS) is 22.9. The van der Waals surface area contributed by atoms with Crippen LogP contribution in [0.25, 0.3) is 0 Å². The number of carbonyl (C=O) groups excluding carboxylic acids is 1. The number of carboxylic acids is 1. The average molecular weight is 359 g/mol. The quantitative estimate of drug-likeness (QED) is 0.500. The van der Waals surface area contributed by atoms with E-state index >= 15 is 0 Å². The lowest BCUT2D eigenvalue weighted by Crippen LogP contribution is -2.52. The van der Waals surface area contributed by atoms with E-state index in [1.165, 1.54) is 12.1 Å². The zero-order chi connectivity index (χ0) is 18.7. The highest BCUT2D eigenvalue weighted by Crippen LogP contribution is 2.28. The molecule has 1 aromatic rings. The molecule has 138 valence electrons. The Morgan fingerprint density at radius 2 is 1.58 bits per heavy atom. The molecule has 2 aliphatic rings. The third kappa shape index (κ3) is 3.68. The Kier molecular flexibility index (Phi) is 5.20. The van der Waals surface area contributed by atoms with Crippen LogP contribution in [0.4, 0.5) is 11.4 Å². The zero-order valence-electron chi connectivity index (χ0n) is 14.3. The molecule has 0 aromatic heterocycles. The molecule has 0 unspecified atom stereocenters. The monoisotopic (exact) mass is 359 g/mol. The SMILES string of the molecule is O=C(O)[C@H]1CC=CC[C@H]1C(=O)N1CCN(c2ccc([N+](=O)[O-])cc2)CC1. The Balaban J connectivity index is 1.61. The highest BCUT2D eigenvalue weighted by atomic mass is 16.6. The maximum atomic E-state index is 12.8. The fourth-order valence-electron chi connectivity index (χ4n) is 3.56. The summed E-state index contributed by atoms with van der Waals surface area (Å²) in [5, 5.41) is 20.1. The van der Waals surface area contributed by atoms with E-state index < -0.39 is 22.7 Å². The van der Waals surface area contributed by atoms with Crippen LogP contribution in [0, 0.1) is 22.0 Å². The summed E-state index contributed by atoms with van der Waals surface area (Å²) in [7, 11) is 0. The van der Waals surface area contributed by atoms with E-state index in [0.29, 0.717) is 39.0 Å². The molecule has 1 heterocycles. The van der Waals surface area contributed by atoms with E-state index in [-0.39, 0.29) is 11.6 Å². The minimum Gasteiger partial charge on any atom is -0.481 e. The second kappa shape index (κ2) is 7.55. The summed E-state index contributed by atoms with van der Waals surface area (Å²) in [6.07, 6.45) is 4.58.